The van der Waals surface area contributed by atoms with Gasteiger partial charge in [0.15, 0.2) is 0 Å². The van der Waals surface area contributed by atoms with E-state index < -0.39 is 0 Å². The summed E-state index contributed by atoms with van der Waals surface area (Å²) < 4.78 is 0.963. The fourth-order valence-electron chi connectivity index (χ4n) is 1.84. The molecule has 3 N–H and O–H groups in total. The third kappa shape index (κ3) is 1.98. The number of nitrogens with two attached hydrogens (primary N) is 1. The number of aromatic amines is 1. The first-order valence-corrected chi connectivity index (χ1v) is 6.51. The van der Waals surface area contributed by atoms with Gasteiger partial charge in [0.2, 0.25) is 0 Å². The summed E-state index contributed by atoms with van der Waals surface area (Å²) in [5.74, 6) is 0.742. The number of anilines is 1. The number of fused-ring (bicyclic) bond motifs is 1. The zero-order chi connectivity index (χ0) is 12.7. The number of aromatic nitrogens is 2. The minimum Gasteiger partial charge on any atom is -0.398 e. The van der Waals surface area contributed by atoms with E-state index in [1.807, 2.05) is 36.4 Å². The van der Waals surface area contributed by atoms with Gasteiger partial charge in [-0.1, -0.05) is 27.5 Å². The lowest BCUT2D eigenvalue weighted by Gasteiger charge is -2.02. The first-order chi connectivity index (χ1) is 8.63. The molecule has 0 radical (unpaired) electrons. The second kappa shape index (κ2) is 4.30. The van der Waals surface area contributed by atoms with Crippen molar-refractivity contribution in [3.8, 4) is 11.4 Å². The van der Waals surface area contributed by atoms with Crippen LogP contribution in [0, 0.1) is 0 Å². The maximum Gasteiger partial charge on any atom is 0.140 e. The van der Waals surface area contributed by atoms with Crippen molar-refractivity contribution in [2.75, 3.05) is 5.73 Å². The van der Waals surface area contributed by atoms with Crippen molar-refractivity contribution in [1.82, 2.24) is 9.97 Å². The van der Waals surface area contributed by atoms with Crippen LogP contribution in [0.2, 0.25) is 5.02 Å². The van der Waals surface area contributed by atoms with Crippen molar-refractivity contribution in [3.05, 3.63) is 45.9 Å². The van der Waals surface area contributed by atoms with E-state index >= 15 is 0 Å². The lowest BCUT2D eigenvalue weighted by molar-refractivity contribution is 1.33. The Bertz CT molecular complexity index is 736. The molecule has 1 aromatic heterocycles. The second-order valence-corrected chi connectivity index (χ2v) is 5.33. The zero-order valence-electron chi connectivity index (χ0n) is 9.24. The van der Waals surface area contributed by atoms with Gasteiger partial charge in [-0.05, 0) is 36.4 Å². The Hall–Kier alpha value is -1.52. The molecule has 3 aromatic rings. The summed E-state index contributed by atoms with van der Waals surface area (Å²) in [4.78, 5) is 7.74. The molecular weight excluding hydrogens is 314 g/mol. The van der Waals surface area contributed by atoms with Crippen LogP contribution in [0.15, 0.2) is 40.9 Å². The molecule has 3 rings (SSSR count). The van der Waals surface area contributed by atoms with Crippen LogP contribution in [0.4, 0.5) is 5.69 Å². The number of nitrogens with zero attached hydrogens (tertiary/aromatic N) is 1. The number of hydrogen-bond donors (Lipinski definition) is 2. The molecule has 90 valence electrons. The Kier molecular flexibility index (Phi) is 2.76. The smallest absolute Gasteiger partial charge is 0.140 e. The molecule has 0 unspecified atom stereocenters. The quantitative estimate of drug-likeness (QED) is 0.659. The van der Waals surface area contributed by atoms with E-state index in [1.54, 1.807) is 0 Å². The molecule has 0 aliphatic rings. The Morgan fingerprint density at radius 2 is 2.00 bits per heavy atom. The van der Waals surface area contributed by atoms with Gasteiger partial charge in [0.1, 0.15) is 5.82 Å². The van der Waals surface area contributed by atoms with E-state index in [-0.39, 0.29) is 0 Å². The van der Waals surface area contributed by atoms with Gasteiger partial charge in [-0.25, -0.2) is 4.98 Å². The number of halogens is 2. The molecule has 1 heterocycles. The normalized spacial score (nSPS) is 11.0. The van der Waals surface area contributed by atoms with Gasteiger partial charge in [-0.3, -0.25) is 0 Å². The van der Waals surface area contributed by atoms with Crippen LogP contribution in [-0.2, 0) is 0 Å². The van der Waals surface area contributed by atoms with E-state index in [4.69, 9.17) is 17.3 Å². The first kappa shape index (κ1) is 11.6. The number of imidazole rings is 1. The Labute approximate surface area is 117 Å². The fourth-order valence-corrected chi connectivity index (χ4v) is 2.38. The molecule has 0 amide bonds. The number of benzene rings is 2. The summed E-state index contributed by atoms with van der Waals surface area (Å²) in [5.41, 5.74) is 9.29. The number of hydrogen-bond acceptors (Lipinski definition) is 2. The molecule has 0 fully saturated rings. The predicted octanol–water partition coefficient (Wildman–Crippen LogP) is 4.23. The number of nitrogen functional groups attached to an aromatic ring is 1. The van der Waals surface area contributed by atoms with E-state index in [0.29, 0.717) is 10.7 Å². The van der Waals surface area contributed by atoms with Crippen LogP contribution >= 0.6 is 27.5 Å². The number of nitrogens with one attached hydrogen (secondary N) is 1. The van der Waals surface area contributed by atoms with Crippen LogP contribution in [0.25, 0.3) is 22.4 Å². The first-order valence-electron chi connectivity index (χ1n) is 5.34. The summed E-state index contributed by atoms with van der Waals surface area (Å²) in [6.07, 6.45) is 0. The molecule has 5 heteroatoms. The summed E-state index contributed by atoms with van der Waals surface area (Å²) in [6.45, 7) is 0. The highest BCUT2D eigenvalue weighted by molar-refractivity contribution is 9.10. The topological polar surface area (TPSA) is 54.7 Å². The monoisotopic (exact) mass is 321 g/mol. The Morgan fingerprint density at radius 3 is 2.83 bits per heavy atom. The molecule has 0 atom stereocenters. The Morgan fingerprint density at radius 1 is 1.17 bits per heavy atom. The maximum absolute atomic E-state index is 5.97. The minimum atomic E-state index is 0.680. The van der Waals surface area contributed by atoms with Gasteiger partial charge in [-0.15, -0.1) is 0 Å². The van der Waals surface area contributed by atoms with Crippen molar-refractivity contribution in [2.45, 2.75) is 0 Å². The Balaban J connectivity index is 2.22. The second-order valence-electron chi connectivity index (χ2n) is 3.98. The van der Waals surface area contributed by atoms with Crippen molar-refractivity contribution in [1.29, 1.82) is 0 Å². The van der Waals surface area contributed by atoms with Crippen LogP contribution < -0.4 is 5.73 Å². The summed E-state index contributed by atoms with van der Waals surface area (Å²) in [6, 6.07) is 11.2. The molecule has 2 aromatic carbocycles. The summed E-state index contributed by atoms with van der Waals surface area (Å²) >= 11 is 9.38. The molecular formula is C13H9BrClN3. The van der Waals surface area contributed by atoms with Gasteiger partial charge in [-0.2, -0.15) is 0 Å². The van der Waals surface area contributed by atoms with Crippen LogP contribution in [0.3, 0.4) is 0 Å². The summed E-state index contributed by atoms with van der Waals surface area (Å²) in [7, 11) is 0. The lowest BCUT2D eigenvalue weighted by Crippen LogP contribution is -1.91. The van der Waals surface area contributed by atoms with Crippen LogP contribution in [0.1, 0.15) is 0 Å². The molecule has 0 spiro atoms. The summed E-state index contributed by atoms with van der Waals surface area (Å²) in [5, 5.41) is 0.680. The third-order valence-corrected chi connectivity index (χ3v) is 3.44. The fraction of sp³-hybridized carbons (Fsp3) is 0. The lowest BCUT2D eigenvalue weighted by atomic mass is 10.2. The number of H-pyrrole nitrogens is 1. The van der Waals surface area contributed by atoms with E-state index in [0.717, 1.165) is 26.9 Å². The van der Waals surface area contributed by atoms with Crippen molar-refractivity contribution < 1.29 is 0 Å². The highest BCUT2D eigenvalue weighted by Crippen LogP contribution is 2.29. The average molecular weight is 323 g/mol. The molecule has 0 aliphatic carbocycles. The average Bonchev–Trinajstić information content (AvgIpc) is 2.74. The highest BCUT2D eigenvalue weighted by atomic mass is 79.9. The molecule has 0 bridgehead atoms. The number of rotatable bonds is 1. The predicted molar refractivity (Wildman–Crippen MR) is 78.7 cm³/mol. The maximum atomic E-state index is 5.97. The molecule has 3 nitrogen and oxygen atoms in total. The molecule has 0 aliphatic heterocycles. The largest absolute Gasteiger partial charge is 0.398 e. The van der Waals surface area contributed by atoms with Gasteiger partial charge in [0.05, 0.1) is 11.0 Å². The van der Waals surface area contributed by atoms with Crippen LogP contribution in [-0.4, -0.2) is 9.97 Å². The van der Waals surface area contributed by atoms with Crippen molar-refractivity contribution in [2.24, 2.45) is 0 Å². The van der Waals surface area contributed by atoms with Gasteiger partial charge in [0.25, 0.3) is 0 Å². The van der Waals surface area contributed by atoms with Gasteiger partial charge < -0.3 is 10.7 Å². The van der Waals surface area contributed by atoms with Gasteiger partial charge >= 0.3 is 0 Å². The third-order valence-electron chi connectivity index (χ3n) is 2.71. The molecule has 0 saturated heterocycles. The van der Waals surface area contributed by atoms with E-state index in [1.165, 1.54) is 0 Å². The van der Waals surface area contributed by atoms with E-state index in [2.05, 4.69) is 25.9 Å². The minimum absolute atomic E-state index is 0.680. The highest BCUT2D eigenvalue weighted by Gasteiger charge is 2.09. The molecule has 18 heavy (non-hydrogen) atoms. The zero-order valence-corrected chi connectivity index (χ0v) is 11.6. The van der Waals surface area contributed by atoms with E-state index in [9.17, 15) is 0 Å². The van der Waals surface area contributed by atoms with Gasteiger partial charge in [0, 0.05) is 20.7 Å². The standard InChI is InChI=1S/C13H9BrClN3/c14-7-1-3-10(16)9(5-7)13-17-11-4-2-8(15)6-12(11)18-13/h1-6H,16H2,(H,17,18). The van der Waals surface area contributed by atoms with Crippen LogP contribution in [0.5, 0.6) is 0 Å². The SMILES string of the molecule is Nc1ccc(Br)cc1-c1nc2ccc(Cl)cc2[nH]1. The molecule has 0 saturated carbocycles. The van der Waals surface area contributed by atoms with Crippen molar-refractivity contribution in [3.63, 3.8) is 0 Å². The van der Waals surface area contributed by atoms with Crippen molar-refractivity contribution >= 4 is 44.3 Å².